The van der Waals surface area contributed by atoms with Crippen molar-refractivity contribution >= 4 is 22.4 Å². The molecule has 2 N–H and O–H groups in total. The predicted octanol–water partition coefficient (Wildman–Crippen LogP) is 2.30. The summed E-state index contributed by atoms with van der Waals surface area (Å²) < 4.78 is 5.05. The number of nitro groups is 1. The Morgan fingerprint density at radius 2 is 2.17 bits per heavy atom. The Morgan fingerprint density at radius 3 is 2.72 bits per heavy atom. The number of aryl methyl sites for hydroxylation is 1. The van der Waals surface area contributed by atoms with Crippen LogP contribution in [0.3, 0.4) is 0 Å². The molecule has 0 amide bonds. The van der Waals surface area contributed by atoms with Gasteiger partial charge in [-0.15, -0.1) is 0 Å². The Balaban J connectivity index is 2.82. The van der Waals surface area contributed by atoms with Crippen LogP contribution >= 0.6 is 0 Å². The standard InChI is InChI=1S/C12H13N3O3/c1-3-7-4-8-5-9(18-2)6-10(15(16)17)11(8)14-12(7)13/h4-6H,3H2,1-2H3,(H2,13,14). The third kappa shape index (κ3) is 1.92. The second-order valence-electron chi connectivity index (χ2n) is 3.86. The summed E-state index contributed by atoms with van der Waals surface area (Å²) in [5.74, 6) is 0.765. The van der Waals surface area contributed by atoms with Crippen LogP contribution in [0.1, 0.15) is 12.5 Å². The number of nitrogens with two attached hydrogens (primary N) is 1. The lowest BCUT2D eigenvalue weighted by atomic mass is 10.1. The van der Waals surface area contributed by atoms with Crippen LogP contribution in [-0.4, -0.2) is 17.0 Å². The van der Waals surface area contributed by atoms with E-state index in [1.54, 1.807) is 6.07 Å². The lowest BCUT2D eigenvalue weighted by molar-refractivity contribution is -0.383. The van der Waals surface area contributed by atoms with Crippen molar-refractivity contribution < 1.29 is 9.66 Å². The fourth-order valence-electron chi connectivity index (χ4n) is 1.84. The first-order chi connectivity index (χ1) is 8.56. The van der Waals surface area contributed by atoms with Gasteiger partial charge in [0.15, 0.2) is 5.52 Å². The molecule has 2 aromatic rings. The molecule has 0 fully saturated rings. The normalized spacial score (nSPS) is 10.6. The summed E-state index contributed by atoms with van der Waals surface area (Å²) in [4.78, 5) is 14.7. The van der Waals surface area contributed by atoms with Gasteiger partial charge in [0, 0.05) is 5.39 Å². The minimum Gasteiger partial charge on any atom is -0.496 e. The second kappa shape index (κ2) is 4.48. The third-order valence-electron chi connectivity index (χ3n) is 2.80. The summed E-state index contributed by atoms with van der Waals surface area (Å²) in [6.45, 7) is 1.95. The van der Waals surface area contributed by atoms with E-state index in [1.165, 1.54) is 13.2 Å². The van der Waals surface area contributed by atoms with E-state index < -0.39 is 4.92 Å². The van der Waals surface area contributed by atoms with E-state index in [0.717, 1.165) is 12.0 Å². The first kappa shape index (κ1) is 12.1. The van der Waals surface area contributed by atoms with E-state index in [-0.39, 0.29) is 11.2 Å². The number of nitro benzene ring substituents is 1. The maximum atomic E-state index is 11.0. The van der Waals surface area contributed by atoms with Gasteiger partial charge in [-0.1, -0.05) is 6.92 Å². The Bertz CT molecular complexity index is 625. The van der Waals surface area contributed by atoms with Gasteiger partial charge in [0.1, 0.15) is 11.6 Å². The van der Waals surface area contributed by atoms with Crippen molar-refractivity contribution in [2.24, 2.45) is 0 Å². The van der Waals surface area contributed by atoms with E-state index in [1.807, 2.05) is 13.0 Å². The molecule has 0 saturated carbocycles. The number of pyridine rings is 1. The van der Waals surface area contributed by atoms with Crippen molar-refractivity contribution in [3.8, 4) is 5.75 Å². The molecule has 0 aliphatic carbocycles. The SMILES string of the molecule is CCc1cc2cc(OC)cc([N+](=O)[O-])c2nc1N. The monoisotopic (exact) mass is 247 g/mol. The summed E-state index contributed by atoms with van der Waals surface area (Å²) in [7, 11) is 1.47. The van der Waals surface area contributed by atoms with Crippen molar-refractivity contribution in [1.29, 1.82) is 0 Å². The number of hydrogen-bond acceptors (Lipinski definition) is 5. The summed E-state index contributed by atoms with van der Waals surface area (Å²) in [5.41, 5.74) is 6.83. The summed E-state index contributed by atoms with van der Waals surface area (Å²) in [6, 6.07) is 4.88. The molecule has 0 saturated heterocycles. The molecule has 0 atom stereocenters. The van der Waals surface area contributed by atoms with E-state index in [0.29, 0.717) is 17.0 Å². The molecule has 1 aromatic carbocycles. The van der Waals surface area contributed by atoms with E-state index in [9.17, 15) is 10.1 Å². The molecule has 1 aromatic heterocycles. The summed E-state index contributed by atoms with van der Waals surface area (Å²) in [6.07, 6.45) is 0.722. The third-order valence-corrected chi connectivity index (χ3v) is 2.80. The average molecular weight is 247 g/mol. The van der Waals surface area contributed by atoms with Crippen LogP contribution in [0.15, 0.2) is 18.2 Å². The Kier molecular flexibility index (Phi) is 3.01. The predicted molar refractivity (Wildman–Crippen MR) is 68.7 cm³/mol. The molecule has 6 nitrogen and oxygen atoms in total. The molecule has 1 heterocycles. The highest BCUT2D eigenvalue weighted by Gasteiger charge is 2.17. The van der Waals surface area contributed by atoms with Gasteiger partial charge in [0.05, 0.1) is 18.1 Å². The number of ether oxygens (including phenoxy) is 1. The number of rotatable bonds is 3. The molecule has 94 valence electrons. The Labute approximate surface area is 104 Å². The smallest absolute Gasteiger partial charge is 0.299 e. The van der Waals surface area contributed by atoms with Gasteiger partial charge < -0.3 is 10.5 Å². The number of nitrogens with zero attached hydrogens (tertiary/aromatic N) is 2. The summed E-state index contributed by atoms with van der Waals surface area (Å²) in [5, 5.41) is 11.7. The molecular weight excluding hydrogens is 234 g/mol. The topological polar surface area (TPSA) is 91.3 Å². The fraction of sp³-hybridized carbons (Fsp3) is 0.250. The molecular formula is C12H13N3O3. The van der Waals surface area contributed by atoms with Gasteiger partial charge in [-0.2, -0.15) is 0 Å². The molecule has 2 rings (SSSR count). The lowest BCUT2D eigenvalue weighted by Crippen LogP contribution is -2.00. The number of fused-ring (bicyclic) bond motifs is 1. The van der Waals surface area contributed by atoms with Crippen LogP contribution in [-0.2, 0) is 6.42 Å². The minimum absolute atomic E-state index is 0.0984. The molecule has 0 radical (unpaired) electrons. The average Bonchev–Trinajstić information content (AvgIpc) is 2.36. The molecule has 0 unspecified atom stereocenters. The second-order valence-corrected chi connectivity index (χ2v) is 3.86. The van der Waals surface area contributed by atoms with Crippen LogP contribution < -0.4 is 10.5 Å². The Morgan fingerprint density at radius 1 is 1.44 bits per heavy atom. The molecule has 18 heavy (non-hydrogen) atoms. The maximum Gasteiger partial charge on any atom is 0.299 e. The van der Waals surface area contributed by atoms with E-state index >= 15 is 0 Å². The van der Waals surface area contributed by atoms with Crippen molar-refractivity contribution in [2.45, 2.75) is 13.3 Å². The summed E-state index contributed by atoms with van der Waals surface area (Å²) >= 11 is 0. The number of anilines is 1. The van der Waals surface area contributed by atoms with Crippen LogP contribution in [0, 0.1) is 10.1 Å². The highest BCUT2D eigenvalue weighted by Crippen LogP contribution is 2.31. The van der Waals surface area contributed by atoms with E-state index in [2.05, 4.69) is 4.98 Å². The largest absolute Gasteiger partial charge is 0.496 e. The highest BCUT2D eigenvalue weighted by atomic mass is 16.6. The van der Waals surface area contributed by atoms with Crippen molar-refractivity contribution in [1.82, 2.24) is 4.98 Å². The van der Waals surface area contributed by atoms with Gasteiger partial charge in [0.2, 0.25) is 0 Å². The first-order valence-electron chi connectivity index (χ1n) is 5.48. The van der Waals surface area contributed by atoms with Crippen LogP contribution in [0.5, 0.6) is 5.75 Å². The zero-order valence-electron chi connectivity index (χ0n) is 10.1. The van der Waals surface area contributed by atoms with Gasteiger partial charge in [0.25, 0.3) is 5.69 Å². The Hall–Kier alpha value is -2.37. The maximum absolute atomic E-state index is 11.0. The fourth-order valence-corrected chi connectivity index (χ4v) is 1.84. The number of benzene rings is 1. The van der Waals surface area contributed by atoms with Gasteiger partial charge in [-0.3, -0.25) is 10.1 Å². The number of methoxy groups -OCH3 is 1. The molecule has 0 aliphatic rings. The zero-order valence-corrected chi connectivity index (χ0v) is 10.1. The van der Waals surface area contributed by atoms with Crippen molar-refractivity contribution in [3.05, 3.63) is 33.9 Å². The lowest BCUT2D eigenvalue weighted by Gasteiger charge is -2.07. The van der Waals surface area contributed by atoms with Crippen LogP contribution in [0.25, 0.3) is 10.9 Å². The number of non-ortho nitro benzene ring substituents is 1. The van der Waals surface area contributed by atoms with E-state index in [4.69, 9.17) is 10.5 Å². The van der Waals surface area contributed by atoms with Crippen molar-refractivity contribution in [2.75, 3.05) is 12.8 Å². The zero-order chi connectivity index (χ0) is 13.3. The van der Waals surface area contributed by atoms with Crippen molar-refractivity contribution in [3.63, 3.8) is 0 Å². The highest BCUT2D eigenvalue weighted by molar-refractivity contribution is 5.90. The molecule has 0 spiro atoms. The van der Waals surface area contributed by atoms with Crippen LogP contribution in [0.2, 0.25) is 0 Å². The molecule has 0 aliphatic heterocycles. The van der Waals surface area contributed by atoms with Gasteiger partial charge in [-0.25, -0.2) is 4.98 Å². The number of aromatic nitrogens is 1. The molecule has 6 heteroatoms. The molecule has 0 bridgehead atoms. The number of nitrogen functional groups attached to an aromatic ring is 1. The van der Waals surface area contributed by atoms with Gasteiger partial charge in [-0.05, 0) is 24.1 Å². The van der Waals surface area contributed by atoms with Crippen LogP contribution in [0.4, 0.5) is 11.5 Å². The minimum atomic E-state index is -0.483. The number of hydrogen-bond donors (Lipinski definition) is 1. The first-order valence-corrected chi connectivity index (χ1v) is 5.48. The quantitative estimate of drug-likeness (QED) is 0.663. The van der Waals surface area contributed by atoms with Gasteiger partial charge >= 0.3 is 0 Å².